The van der Waals surface area contributed by atoms with Gasteiger partial charge >= 0.3 is 17.9 Å². The van der Waals surface area contributed by atoms with Gasteiger partial charge in [-0.1, -0.05) is 329 Å². The number of allylic oxidation sites excluding steroid dienone is 18. The Hall–Kier alpha value is -3.93. The van der Waals surface area contributed by atoms with E-state index in [1.54, 1.807) is 0 Å². The summed E-state index contributed by atoms with van der Waals surface area (Å²) in [6.45, 7) is 6.48. The molecular formula is C77H132O6. The van der Waals surface area contributed by atoms with Crippen LogP contribution in [0.25, 0.3) is 0 Å². The highest BCUT2D eigenvalue weighted by Crippen LogP contribution is 2.18. The van der Waals surface area contributed by atoms with Gasteiger partial charge in [0.05, 0.1) is 0 Å². The van der Waals surface area contributed by atoms with Gasteiger partial charge in [-0.25, -0.2) is 0 Å². The average molecular weight is 1150 g/mol. The molecule has 0 radical (unpaired) electrons. The first kappa shape index (κ1) is 79.1. The molecule has 0 aliphatic rings. The summed E-state index contributed by atoms with van der Waals surface area (Å²) in [5, 5.41) is 0. The highest BCUT2D eigenvalue weighted by molar-refractivity contribution is 5.71. The van der Waals surface area contributed by atoms with Crippen molar-refractivity contribution in [1.29, 1.82) is 0 Å². The minimum atomic E-state index is -0.788. The first-order valence-electron chi connectivity index (χ1n) is 35.4. The number of unbranched alkanes of at least 4 members (excludes halogenated alkanes) is 35. The van der Waals surface area contributed by atoms with E-state index in [1.165, 1.54) is 167 Å². The molecular weight excluding hydrogens is 1020 g/mol. The number of ether oxygens (including phenoxy) is 3. The van der Waals surface area contributed by atoms with Crippen LogP contribution < -0.4 is 0 Å². The van der Waals surface area contributed by atoms with E-state index in [2.05, 4.69) is 130 Å². The fourth-order valence-electron chi connectivity index (χ4n) is 9.99. The molecule has 83 heavy (non-hydrogen) atoms. The van der Waals surface area contributed by atoms with E-state index in [-0.39, 0.29) is 31.1 Å². The van der Waals surface area contributed by atoms with Crippen molar-refractivity contribution in [3.63, 3.8) is 0 Å². The maximum Gasteiger partial charge on any atom is 0.306 e. The van der Waals surface area contributed by atoms with Crippen LogP contribution in [0.5, 0.6) is 0 Å². The topological polar surface area (TPSA) is 78.9 Å². The van der Waals surface area contributed by atoms with Gasteiger partial charge < -0.3 is 14.2 Å². The highest BCUT2D eigenvalue weighted by Gasteiger charge is 2.19. The monoisotopic (exact) mass is 1150 g/mol. The molecule has 0 saturated heterocycles. The summed E-state index contributed by atoms with van der Waals surface area (Å²) in [5.74, 6) is -0.897. The van der Waals surface area contributed by atoms with Gasteiger partial charge in [-0.3, -0.25) is 14.4 Å². The van der Waals surface area contributed by atoms with Crippen molar-refractivity contribution in [3.8, 4) is 0 Å². The predicted molar refractivity (Wildman–Crippen MR) is 362 cm³/mol. The van der Waals surface area contributed by atoms with Crippen molar-refractivity contribution < 1.29 is 28.6 Å². The maximum atomic E-state index is 12.9. The lowest BCUT2D eigenvalue weighted by Gasteiger charge is -2.18. The van der Waals surface area contributed by atoms with E-state index in [1.807, 2.05) is 0 Å². The van der Waals surface area contributed by atoms with Gasteiger partial charge in [-0.15, -0.1) is 0 Å². The van der Waals surface area contributed by atoms with Crippen molar-refractivity contribution in [2.45, 2.75) is 348 Å². The second-order valence-electron chi connectivity index (χ2n) is 23.4. The number of esters is 3. The summed E-state index contributed by atoms with van der Waals surface area (Å²) in [4.78, 5) is 38.3. The van der Waals surface area contributed by atoms with Crippen LogP contribution in [0.4, 0.5) is 0 Å². The maximum absolute atomic E-state index is 12.9. The summed E-state index contributed by atoms with van der Waals surface area (Å²) >= 11 is 0. The fraction of sp³-hybridized carbons (Fsp3) is 0.727. The fourth-order valence-corrected chi connectivity index (χ4v) is 9.99. The lowest BCUT2D eigenvalue weighted by atomic mass is 10.0. The molecule has 0 spiro atoms. The van der Waals surface area contributed by atoms with E-state index < -0.39 is 6.10 Å². The third-order valence-electron chi connectivity index (χ3n) is 15.2. The molecule has 0 saturated carbocycles. The Kier molecular flexibility index (Phi) is 67.2. The second kappa shape index (κ2) is 70.6. The molecule has 1 unspecified atom stereocenters. The molecule has 0 aromatic heterocycles. The Labute approximate surface area is 514 Å². The van der Waals surface area contributed by atoms with Crippen molar-refractivity contribution in [1.82, 2.24) is 0 Å². The molecule has 6 nitrogen and oxygen atoms in total. The van der Waals surface area contributed by atoms with E-state index >= 15 is 0 Å². The molecule has 1 atom stereocenters. The first-order chi connectivity index (χ1) is 41.0. The summed E-state index contributed by atoms with van der Waals surface area (Å²) in [5.41, 5.74) is 0. The smallest absolute Gasteiger partial charge is 0.306 e. The average Bonchev–Trinajstić information content (AvgIpc) is 3.48. The van der Waals surface area contributed by atoms with Crippen molar-refractivity contribution >= 4 is 17.9 Å². The third kappa shape index (κ3) is 68.7. The van der Waals surface area contributed by atoms with Crippen LogP contribution in [0, 0.1) is 0 Å². The van der Waals surface area contributed by atoms with Crippen LogP contribution in [-0.2, 0) is 28.6 Å². The third-order valence-corrected chi connectivity index (χ3v) is 15.2. The summed E-state index contributed by atoms with van der Waals surface area (Å²) in [7, 11) is 0. The Morgan fingerprint density at radius 1 is 0.253 bits per heavy atom. The van der Waals surface area contributed by atoms with Gasteiger partial charge in [0.15, 0.2) is 6.10 Å². The van der Waals surface area contributed by atoms with Crippen LogP contribution in [0.1, 0.15) is 342 Å². The molecule has 0 aliphatic carbocycles. The predicted octanol–water partition coefficient (Wildman–Crippen LogP) is 24.6. The minimum Gasteiger partial charge on any atom is -0.462 e. The van der Waals surface area contributed by atoms with Crippen LogP contribution in [-0.4, -0.2) is 37.2 Å². The molecule has 0 N–H and O–H groups in total. The summed E-state index contributed by atoms with van der Waals surface area (Å²) in [6, 6.07) is 0. The van der Waals surface area contributed by atoms with E-state index in [9.17, 15) is 14.4 Å². The van der Waals surface area contributed by atoms with Gasteiger partial charge in [-0.05, 0) is 103 Å². The summed E-state index contributed by atoms with van der Waals surface area (Å²) in [6.07, 6.45) is 97.0. The van der Waals surface area contributed by atoms with Gasteiger partial charge in [0.2, 0.25) is 0 Å². The van der Waals surface area contributed by atoms with Gasteiger partial charge in [0.1, 0.15) is 13.2 Å². The van der Waals surface area contributed by atoms with Crippen molar-refractivity contribution in [2.75, 3.05) is 13.2 Å². The standard InChI is InChI=1S/C77H132O6/c1-4-7-10-13-16-19-22-24-26-28-30-32-34-36-37-38-39-40-41-42-44-45-47-49-51-53-55-58-61-64-67-70-76(79)82-73-74(72-81-75(78)69-66-63-60-57-21-18-15-12-9-6-3)83-77(80)71-68-65-62-59-56-54-52-50-48-46-43-35-33-31-29-27-25-23-20-17-14-11-8-5-2/h7,10,12,15-16,19,24,26,30,32,36-37,39-40,42,44,47,49,74H,4-6,8-9,11,13-14,17-18,20-23,25,27-29,31,33-35,38,41,43,45-46,48,50-73H2,1-3H3/b10-7-,15-12-,19-16-,26-24-,32-30-,37-36-,40-39-,44-42-,49-47-. The summed E-state index contributed by atoms with van der Waals surface area (Å²) < 4.78 is 16.9. The van der Waals surface area contributed by atoms with Gasteiger partial charge in [0.25, 0.3) is 0 Å². The van der Waals surface area contributed by atoms with E-state index in [0.717, 1.165) is 135 Å². The number of hydrogen-bond donors (Lipinski definition) is 0. The van der Waals surface area contributed by atoms with Crippen molar-refractivity contribution in [2.24, 2.45) is 0 Å². The highest BCUT2D eigenvalue weighted by atomic mass is 16.6. The normalized spacial score (nSPS) is 12.8. The van der Waals surface area contributed by atoms with Crippen molar-refractivity contribution in [3.05, 3.63) is 109 Å². The largest absolute Gasteiger partial charge is 0.462 e. The lowest BCUT2D eigenvalue weighted by molar-refractivity contribution is -0.167. The van der Waals surface area contributed by atoms with Crippen LogP contribution >= 0.6 is 0 Å². The van der Waals surface area contributed by atoms with Gasteiger partial charge in [0, 0.05) is 19.3 Å². The molecule has 6 heteroatoms. The number of hydrogen-bond acceptors (Lipinski definition) is 6. The van der Waals surface area contributed by atoms with E-state index in [4.69, 9.17) is 14.2 Å². The van der Waals surface area contributed by atoms with Gasteiger partial charge in [-0.2, -0.15) is 0 Å². The minimum absolute atomic E-state index is 0.0850. The van der Waals surface area contributed by atoms with Crippen LogP contribution in [0.3, 0.4) is 0 Å². The Bertz CT molecular complexity index is 1660. The Morgan fingerprint density at radius 3 is 0.795 bits per heavy atom. The Balaban J connectivity index is 4.23. The molecule has 0 bridgehead atoms. The molecule has 0 rings (SSSR count). The molecule has 0 heterocycles. The molecule has 0 aromatic rings. The SMILES string of the molecule is CC/C=C\C/C=C\C/C=C\C/C=C\C/C=C\C/C=C\C/C=C\C/C=C\CCCCCCCCC(=O)OCC(COC(=O)CCCCCCC/C=C\CCC)OC(=O)CCCCCCCCCCCCCCCCCCCCCCCCCC. The van der Waals surface area contributed by atoms with Crippen LogP contribution in [0.2, 0.25) is 0 Å². The Morgan fingerprint density at radius 2 is 0.494 bits per heavy atom. The molecule has 0 aliphatic heterocycles. The lowest BCUT2D eigenvalue weighted by Crippen LogP contribution is -2.30. The quantitative estimate of drug-likeness (QED) is 0.0261. The molecule has 476 valence electrons. The number of rotatable bonds is 64. The number of carbonyl (C=O) groups excluding carboxylic acids is 3. The zero-order chi connectivity index (χ0) is 59.9. The van der Waals surface area contributed by atoms with E-state index in [0.29, 0.717) is 19.3 Å². The molecule has 0 aromatic carbocycles. The second-order valence-corrected chi connectivity index (χ2v) is 23.4. The zero-order valence-corrected chi connectivity index (χ0v) is 54.7. The molecule has 0 amide bonds. The zero-order valence-electron chi connectivity index (χ0n) is 54.7. The first-order valence-corrected chi connectivity index (χ1v) is 35.4. The van der Waals surface area contributed by atoms with Crippen LogP contribution in [0.15, 0.2) is 109 Å². The molecule has 0 fully saturated rings. The number of carbonyl (C=O) groups is 3.